The number of amides is 2. The molecule has 0 bridgehead atoms. The number of likely N-dealkylation sites (tertiary alicyclic amines) is 1. The number of imidazole rings is 1. The molecule has 1 aromatic heterocycles. The Kier molecular flexibility index (Phi) is 7.36. The normalized spacial score (nSPS) is 14.1. The third-order valence-corrected chi connectivity index (χ3v) is 6.62. The second-order valence-electron chi connectivity index (χ2n) is 9.02. The Hall–Kier alpha value is -4.00. The second-order valence-corrected chi connectivity index (χ2v) is 9.02. The fourth-order valence-electron chi connectivity index (χ4n) is 4.73. The molecule has 0 radical (unpaired) electrons. The molecule has 5 rings (SSSR count). The third-order valence-electron chi connectivity index (χ3n) is 6.62. The number of piperidine rings is 1. The quantitative estimate of drug-likeness (QED) is 0.335. The molecule has 7 heteroatoms. The van der Waals surface area contributed by atoms with Crippen LogP contribution in [0.5, 0.6) is 11.5 Å². The van der Waals surface area contributed by atoms with Gasteiger partial charge in [-0.05, 0) is 62.1 Å². The minimum atomic E-state index is -0.0781. The summed E-state index contributed by atoms with van der Waals surface area (Å²) in [5.74, 6) is 2.91. The van der Waals surface area contributed by atoms with Gasteiger partial charge >= 0.3 is 6.03 Å². The lowest BCUT2D eigenvalue weighted by atomic mass is 9.96. The molecule has 7 nitrogen and oxygen atoms in total. The van der Waals surface area contributed by atoms with Gasteiger partial charge in [0.1, 0.15) is 23.9 Å². The lowest BCUT2D eigenvalue weighted by Crippen LogP contribution is -2.41. The molecule has 1 N–H and O–H groups in total. The summed E-state index contributed by atoms with van der Waals surface area (Å²) in [6.45, 7) is 5.20. The zero-order valence-corrected chi connectivity index (χ0v) is 20.6. The van der Waals surface area contributed by atoms with Crippen molar-refractivity contribution in [2.75, 3.05) is 25.0 Å². The first-order valence-electron chi connectivity index (χ1n) is 12.6. The van der Waals surface area contributed by atoms with Crippen LogP contribution < -0.4 is 14.8 Å². The van der Waals surface area contributed by atoms with E-state index in [-0.39, 0.29) is 6.03 Å². The number of urea groups is 1. The number of benzene rings is 3. The van der Waals surface area contributed by atoms with Crippen molar-refractivity contribution in [2.45, 2.75) is 32.9 Å². The zero-order valence-electron chi connectivity index (χ0n) is 20.6. The predicted molar refractivity (Wildman–Crippen MR) is 141 cm³/mol. The van der Waals surface area contributed by atoms with Gasteiger partial charge in [-0.1, -0.05) is 42.5 Å². The van der Waals surface area contributed by atoms with E-state index in [0.717, 1.165) is 55.1 Å². The van der Waals surface area contributed by atoms with E-state index < -0.39 is 0 Å². The number of para-hydroxylation sites is 5. The van der Waals surface area contributed by atoms with Crippen LogP contribution in [0.25, 0.3) is 11.0 Å². The van der Waals surface area contributed by atoms with Gasteiger partial charge in [0.2, 0.25) is 0 Å². The first-order chi connectivity index (χ1) is 17.7. The van der Waals surface area contributed by atoms with Crippen molar-refractivity contribution in [3.05, 3.63) is 84.7 Å². The van der Waals surface area contributed by atoms with Crippen LogP contribution in [0, 0.1) is 5.92 Å². The van der Waals surface area contributed by atoms with Crippen molar-refractivity contribution in [1.82, 2.24) is 14.5 Å². The molecule has 3 aromatic carbocycles. The Morgan fingerprint density at radius 3 is 2.47 bits per heavy atom. The highest BCUT2D eigenvalue weighted by atomic mass is 16.5. The van der Waals surface area contributed by atoms with Crippen LogP contribution in [0.2, 0.25) is 0 Å². The lowest BCUT2D eigenvalue weighted by molar-refractivity contribution is 0.176. The molecule has 1 aliphatic heterocycles. The van der Waals surface area contributed by atoms with Gasteiger partial charge in [-0.3, -0.25) is 0 Å². The van der Waals surface area contributed by atoms with E-state index in [0.29, 0.717) is 30.6 Å². The van der Waals surface area contributed by atoms with Crippen molar-refractivity contribution >= 4 is 22.8 Å². The summed E-state index contributed by atoms with van der Waals surface area (Å²) in [5.41, 5.74) is 2.81. The molecular formula is C29H32N4O3. The van der Waals surface area contributed by atoms with Gasteiger partial charge in [0, 0.05) is 19.6 Å². The molecule has 1 saturated heterocycles. The predicted octanol–water partition coefficient (Wildman–Crippen LogP) is 5.96. The summed E-state index contributed by atoms with van der Waals surface area (Å²) in [6, 6.07) is 25.5. The van der Waals surface area contributed by atoms with E-state index in [1.807, 2.05) is 78.6 Å². The van der Waals surface area contributed by atoms with Crippen molar-refractivity contribution in [3.63, 3.8) is 0 Å². The maximum absolute atomic E-state index is 12.9. The Bertz CT molecular complexity index is 1300. The highest BCUT2D eigenvalue weighted by Gasteiger charge is 2.25. The van der Waals surface area contributed by atoms with Crippen LogP contribution >= 0.6 is 0 Å². The number of nitrogens with zero attached hydrogens (tertiary/aromatic N) is 3. The Morgan fingerprint density at radius 2 is 1.67 bits per heavy atom. The average Bonchev–Trinajstić information content (AvgIpc) is 3.27. The maximum atomic E-state index is 12.9. The summed E-state index contributed by atoms with van der Waals surface area (Å²) >= 11 is 0. The molecular weight excluding hydrogens is 452 g/mol. The van der Waals surface area contributed by atoms with Gasteiger partial charge in [-0.2, -0.15) is 0 Å². The molecule has 4 aromatic rings. The monoisotopic (exact) mass is 484 g/mol. The smallest absolute Gasteiger partial charge is 0.321 e. The molecule has 186 valence electrons. The lowest BCUT2D eigenvalue weighted by Gasteiger charge is -2.32. The largest absolute Gasteiger partial charge is 0.492 e. The van der Waals surface area contributed by atoms with Gasteiger partial charge in [0.05, 0.1) is 23.3 Å². The summed E-state index contributed by atoms with van der Waals surface area (Å²) in [6.07, 6.45) is 1.87. The molecule has 0 saturated carbocycles. The minimum Gasteiger partial charge on any atom is -0.492 e. The average molecular weight is 485 g/mol. The molecule has 2 amide bonds. The highest BCUT2D eigenvalue weighted by Crippen LogP contribution is 2.27. The number of ether oxygens (including phenoxy) is 2. The fraction of sp³-hybridized carbons (Fsp3) is 0.310. The number of hydrogen-bond donors (Lipinski definition) is 1. The number of anilines is 1. The standard InChI is InChI=1S/C29H32N4O3/c1-2-35-27-15-9-7-13-25(27)31-29(34)32-18-16-22(17-19-32)20-33-26-14-8-6-12-24(26)30-28(33)21-36-23-10-4-3-5-11-23/h3-15,22H,2,16-21H2,1H3,(H,31,34). The molecule has 36 heavy (non-hydrogen) atoms. The van der Waals surface area contributed by atoms with Crippen LogP contribution in [0.4, 0.5) is 10.5 Å². The topological polar surface area (TPSA) is 68.6 Å². The van der Waals surface area contributed by atoms with Crippen LogP contribution in [-0.4, -0.2) is 40.2 Å². The van der Waals surface area contributed by atoms with Crippen LogP contribution in [-0.2, 0) is 13.2 Å². The summed E-state index contributed by atoms with van der Waals surface area (Å²) in [7, 11) is 0. The minimum absolute atomic E-state index is 0.0781. The van der Waals surface area contributed by atoms with E-state index in [1.54, 1.807) is 0 Å². The van der Waals surface area contributed by atoms with Gasteiger partial charge in [-0.25, -0.2) is 9.78 Å². The van der Waals surface area contributed by atoms with Crippen molar-refractivity contribution in [1.29, 1.82) is 0 Å². The molecule has 1 aliphatic rings. The van der Waals surface area contributed by atoms with Crippen molar-refractivity contribution in [3.8, 4) is 11.5 Å². The van der Waals surface area contributed by atoms with E-state index in [9.17, 15) is 4.79 Å². The summed E-state index contributed by atoms with van der Waals surface area (Å²) < 4.78 is 14.0. The van der Waals surface area contributed by atoms with E-state index in [2.05, 4.69) is 22.0 Å². The molecule has 0 atom stereocenters. The van der Waals surface area contributed by atoms with Gasteiger partial charge < -0.3 is 24.3 Å². The number of aromatic nitrogens is 2. The maximum Gasteiger partial charge on any atom is 0.321 e. The van der Waals surface area contributed by atoms with Gasteiger partial charge in [0.25, 0.3) is 0 Å². The molecule has 0 aliphatic carbocycles. The number of fused-ring (bicyclic) bond motifs is 1. The van der Waals surface area contributed by atoms with Crippen molar-refractivity contribution in [2.24, 2.45) is 5.92 Å². The SMILES string of the molecule is CCOc1ccccc1NC(=O)N1CCC(Cn2c(COc3ccccc3)nc3ccccc32)CC1. The van der Waals surface area contributed by atoms with Gasteiger partial charge in [0.15, 0.2) is 0 Å². The number of rotatable bonds is 8. The highest BCUT2D eigenvalue weighted by molar-refractivity contribution is 5.91. The molecule has 2 heterocycles. The third kappa shape index (κ3) is 5.46. The van der Waals surface area contributed by atoms with E-state index in [4.69, 9.17) is 14.5 Å². The fourth-order valence-corrected chi connectivity index (χ4v) is 4.73. The van der Waals surface area contributed by atoms with Crippen LogP contribution in [0.1, 0.15) is 25.6 Å². The summed E-state index contributed by atoms with van der Waals surface area (Å²) in [4.78, 5) is 19.7. The Morgan fingerprint density at radius 1 is 0.944 bits per heavy atom. The molecule has 1 fully saturated rings. The number of nitrogens with one attached hydrogen (secondary N) is 1. The first kappa shape index (κ1) is 23.7. The van der Waals surface area contributed by atoms with Gasteiger partial charge in [-0.15, -0.1) is 0 Å². The number of hydrogen-bond acceptors (Lipinski definition) is 4. The van der Waals surface area contributed by atoms with E-state index in [1.165, 1.54) is 0 Å². The van der Waals surface area contributed by atoms with Crippen LogP contribution in [0.15, 0.2) is 78.9 Å². The van der Waals surface area contributed by atoms with Crippen molar-refractivity contribution < 1.29 is 14.3 Å². The second kappa shape index (κ2) is 11.2. The number of carbonyl (C=O) groups is 1. The zero-order chi connectivity index (χ0) is 24.7. The Labute approximate surface area is 211 Å². The van der Waals surface area contributed by atoms with Crippen LogP contribution in [0.3, 0.4) is 0 Å². The summed E-state index contributed by atoms with van der Waals surface area (Å²) in [5, 5.41) is 3.02. The first-order valence-corrected chi connectivity index (χ1v) is 12.6. The number of carbonyl (C=O) groups excluding carboxylic acids is 1. The molecule has 0 spiro atoms. The Balaban J connectivity index is 1.22. The molecule has 0 unspecified atom stereocenters. The van der Waals surface area contributed by atoms with E-state index >= 15 is 0 Å².